The molecular weight excluding hydrogens is 384 g/mol. The first kappa shape index (κ1) is 19.6. The van der Waals surface area contributed by atoms with Crippen molar-refractivity contribution in [2.75, 3.05) is 25.1 Å². The van der Waals surface area contributed by atoms with Gasteiger partial charge in [0, 0.05) is 30.5 Å². The Morgan fingerprint density at radius 1 is 0.903 bits per heavy atom. The number of aromatic nitrogens is 3. The fourth-order valence-electron chi connectivity index (χ4n) is 4.90. The third-order valence-electron chi connectivity index (χ3n) is 6.17. The van der Waals surface area contributed by atoms with E-state index in [4.69, 9.17) is 14.7 Å². The third-order valence-corrected chi connectivity index (χ3v) is 6.17. The van der Waals surface area contributed by atoms with Crippen molar-refractivity contribution in [3.63, 3.8) is 0 Å². The largest absolute Gasteiger partial charge is 0.497 e. The van der Waals surface area contributed by atoms with Crippen LogP contribution in [0.2, 0.25) is 0 Å². The summed E-state index contributed by atoms with van der Waals surface area (Å²) in [6.07, 6.45) is 5.16. The topological polar surface area (TPSA) is 43.2 Å². The summed E-state index contributed by atoms with van der Waals surface area (Å²) in [5, 5.41) is 1.12. The van der Waals surface area contributed by atoms with Crippen molar-refractivity contribution in [2.45, 2.75) is 20.3 Å². The van der Waals surface area contributed by atoms with Crippen molar-refractivity contribution in [3.8, 4) is 22.6 Å². The van der Waals surface area contributed by atoms with Crippen LogP contribution in [-0.2, 0) is 0 Å². The van der Waals surface area contributed by atoms with Gasteiger partial charge >= 0.3 is 0 Å². The Morgan fingerprint density at radius 2 is 1.61 bits per heavy atom. The van der Waals surface area contributed by atoms with Gasteiger partial charge in [-0.15, -0.1) is 0 Å². The van der Waals surface area contributed by atoms with Crippen LogP contribution in [-0.4, -0.2) is 34.7 Å². The molecule has 4 aromatic rings. The van der Waals surface area contributed by atoms with E-state index in [1.807, 2.05) is 12.1 Å². The molecule has 0 amide bonds. The van der Waals surface area contributed by atoms with E-state index < -0.39 is 0 Å². The highest BCUT2D eigenvalue weighted by Crippen LogP contribution is 2.38. The first-order valence-electron chi connectivity index (χ1n) is 10.9. The number of hydrogen-bond donors (Lipinski definition) is 0. The zero-order valence-electron chi connectivity index (χ0n) is 18.3. The van der Waals surface area contributed by atoms with Crippen LogP contribution in [0.4, 0.5) is 5.82 Å². The zero-order chi connectivity index (χ0) is 21.4. The molecule has 2 atom stereocenters. The molecular formula is C26H28N4O. The highest BCUT2D eigenvalue weighted by atomic mass is 16.5. The molecule has 158 valence electrons. The molecule has 2 aromatic heterocycles. The Morgan fingerprint density at radius 3 is 2.29 bits per heavy atom. The maximum atomic E-state index is 5.34. The molecule has 1 aliphatic rings. The average Bonchev–Trinajstić information content (AvgIpc) is 3.19. The third kappa shape index (κ3) is 3.65. The molecule has 0 spiro atoms. The van der Waals surface area contributed by atoms with Gasteiger partial charge < -0.3 is 14.2 Å². The number of piperidine rings is 1. The standard InChI is InChI=1S/C26H28N4O/c1-18-13-19(2)15-29(14-18)25-24-23(20-7-5-4-6-8-20)16-30(26(24)28-17-27-25)21-9-11-22(31-3)12-10-21/h4-12,16-19H,13-15H2,1-3H3/t18-,19+. The smallest absolute Gasteiger partial charge is 0.150 e. The van der Waals surface area contributed by atoms with E-state index in [0.29, 0.717) is 11.8 Å². The lowest BCUT2D eigenvalue weighted by atomic mass is 9.91. The summed E-state index contributed by atoms with van der Waals surface area (Å²) in [4.78, 5) is 12.0. The minimum atomic E-state index is 0.651. The van der Waals surface area contributed by atoms with Gasteiger partial charge in [0.1, 0.15) is 17.9 Å². The predicted octanol–water partition coefficient (Wildman–Crippen LogP) is 5.58. The molecule has 0 aliphatic carbocycles. The van der Waals surface area contributed by atoms with Crippen molar-refractivity contribution in [1.29, 1.82) is 0 Å². The molecule has 5 rings (SSSR count). The SMILES string of the molecule is COc1ccc(-n2cc(-c3ccccc3)c3c(N4C[C@H](C)C[C@H](C)C4)ncnc32)cc1. The molecule has 1 saturated heterocycles. The molecule has 2 aromatic carbocycles. The molecule has 0 unspecified atom stereocenters. The fourth-order valence-corrected chi connectivity index (χ4v) is 4.90. The van der Waals surface area contributed by atoms with E-state index in [1.165, 1.54) is 12.0 Å². The van der Waals surface area contributed by atoms with Crippen molar-refractivity contribution >= 4 is 16.9 Å². The normalized spacial score (nSPS) is 19.0. The molecule has 1 fully saturated rings. The van der Waals surface area contributed by atoms with Crippen molar-refractivity contribution in [2.24, 2.45) is 11.8 Å². The van der Waals surface area contributed by atoms with Crippen LogP contribution >= 0.6 is 0 Å². The van der Waals surface area contributed by atoms with Gasteiger partial charge in [0.05, 0.1) is 12.5 Å². The van der Waals surface area contributed by atoms with E-state index in [-0.39, 0.29) is 0 Å². The molecule has 5 heteroatoms. The Balaban J connectivity index is 1.73. The molecule has 3 heterocycles. The van der Waals surface area contributed by atoms with Gasteiger partial charge in [0.25, 0.3) is 0 Å². The van der Waals surface area contributed by atoms with Gasteiger partial charge in [-0.1, -0.05) is 44.2 Å². The lowest BCUT2D eigenvalue weighted by Gasteiger charge is -2.36. The van der Waals surface area contributed by atoms with E-state index in [1.54, 1.807) is 13.4 Å². The fraction of sp³-hybridized carbons (Fsp3) is 0.308. The van der Waals surface area contributed by atoms with Gasteiger partial charge in [-0.25, -0.2) is 9.97 Å². The molecule has 0 radical (unpaired) electrons. The number of hydrogen-bond acceptors (Lipinski definition) is 4. The number of rotatable bonds is 4. The quantitative estimate of drug-likeness (QED) is 0.439. The lowest BCUT2D eigenvalue weighted by molar-refractivity contribution is 0.356. The minimum Gasteiger partial charge on any atom is -0.497 e. The predicted molar refractivity (Wildman–Crippen MR) is 126 cm³/mol. The van der Waals surface area contributed by atoms with Gasteiger partial charge in [0.2, 0.25) is 0 Å². The van der Waals surface area contributed by atoms with E-state index in [9.17, 15) is 0 Å². The van der Waals surface area contributed by atoms with Crippen molar-refractivity contribution in [3.05, 3.63) is 67.1 Å². The van der Waals surface area contributed by atoms with Crippen molar-refractivity contribution < 1.29 is 4.74 Å². The Hall–Kier alpha value is -3.34. The van der Waals surface area contributed by atoms with Crippen LogP contribution in [0.1, 0.15) is 20.3 Å². The molecule has 31 heavy (non-hydrogen) atoms. The second-order valence-corrected chi connectivity index (χ2v) is 8.72. The number of methoxy groups -OCH3 is 1. The number of nitrogens with zero attached hydrogens (tertiary/aromatic N) is 4. The monoisotopic (exact) mass is 412 g/mol. The van der Waals surface area contributed by atoms with Crippen molar-refractivity contribution in [1.82, 2.24) is 14.5 Å². The van der Waals surface area contributed by atoms with Crippen LogP contribution in [0.25, 0.3) is 27.8 Å². The van der Waals surface area contributed by atoms with Crippen LogP contribution in [0.15, 0.2) is 67.1 Å². The lowest BCUT2D eigenvalue weighted by Crippen LogP contribution is -2.39. The maximum absolute atomic E-state index is 5.34. The maximum Gasteiger partial charge on any atom is 0.150 e. The number of ether oxygens (including phenoxy) is 1. The molecule has 1 aliphatic heterocycles. The van der Waals surface area contributed by atoms with Crippen LogP contribution in [0.5, 0.6) is 5.75 Å². The molecule has 0 bridgehead atoms. The number of benzene rings is 2. The molecule has 0 saturated carbocycles. The van der Waals surface area contributed by atoms with Crippen LogP contribution in [0.3, 0.4) is 0 Å². The first-order chi connectivity index (χ1) is 15.1. The Labute approximate surface area is 183 Å². The summed E-state index contributed by atoms with van der Waals surface area (Å²) in [6.45, 7) is 6.72. The first-order valence-corrected chi connectivity index (χ1v) is 10.9. The number of fused-ring (bicyclic) bond motifs is 1. The Kier molecular flexibility index (Phi) is 5.10. The van der Waals surface area contributed by atoms with Crippen LogP contribution in [0, 0.1) is 11.8 Å². The van der Waals surface area contributed by atoms with E-state index >= 15 is 0 Å². The summed E-state index contributed by atoms with van der Waals surface area (Å²) < 4.78 is 7.51. The summed E-state index contributed by atoms with van der Waals surface area (Å²) in [7, 11) is 1.69. The van der Waals surface area contributed by atoms with Gasteiger partial charge in [0.15, 0.2) is 5.65 Å². The van der Waals surface area contributed by atoms with E-state index in [0.717, 1.165) is 46.9 Å². The Bertz CT molecular complexity index is 1170. The summed E-state index contributed by atoms with van der Waals surface area (Å²) in [6, 6.07) is 18.6. The second kappa shape index (κ2) is 8.06. The minimum absolute atomic E-state index is 0.651. The van der Waals surface area contributed by atoms with Gasteiger partial charge in [-0.05, 0) is 48.1 Å². The molecule has 0 N–H and O–H groups in total. The van der Waals surface area contributed by atoms with E-state index in [2.05, 4.69) is 72.0 Å². The summed E-state index contributed by atoms with van der Waals surface area (Å²) >= 11 is 0. The average molecular weight is 413 g/mol. The summed E-state index contributed by atoms with van der Waals surface area (Å²) in [5.74, 6) is 3.18. The number of anilines is 1. The van der Waals surface area contributed by atoms with Gasteiger partial charge in [-0.2, -0.15) is 0 Å². The summed E-state index contributed by atoms with van der Waals surface area (Å²) in [5.41, 5.74) is 4.32. The van der Waals surface area contributed by atoms with Crippen LogP contribution < -0.4 is 9.64 Å². The highest BCUT2D eigenvalue weighted by Gasteiger charge is 2.26. The van der Waals surface area contributed by atoms with Gasteiger partial charge in [-0.3, -0.25) is 0 Å². The molecule has 5 nitrogen and oxygen atoms in total. The zero-order valence-corrected chi connectivity index (χ0v) is 18.3. The second-order valence-electron chi connectivity index (χ2n) is 8.72. The highest BCUT2D eigenvalue weighted by molar-refractivity contribution is 6.02.